The van der Waals surface area contributed by atoms with Gasteiger partial charge in [-0.15, -0.1) is 0 Å². The van der Waals surface area contributed by atoms with Crippen molar-refractivity contribution < 1.29 is 8.60 Å². The van der Waals surface area contributed by atoms with E-state index < -0.39 is 10.8 Å². The van der Waals surface area contributed by atoms with Crippen LogP contribution in [0.15, 0.2) is 65.7 Å². The van der Waals surface area contributed by atoms with Gasteiger partial charge < -0.3 is 0 Å². The second kappa shape index (κ2) is 7.08. The molecule has 134 valence electrons. The molecule has 2 aromatic carbocycles. The van der Waals surface area contributed by atoms with Crippen LogP contribution in [0.4, 0.5) is 4.39 Å². The molecule has 0 amide bonds. The Balaban J connectivity index is 1.72. The topological polar surface area (TPSA) is 32.3 Å². The summed E-state index contributed by atoms with van der Waals surface area (Å²) >= 11 is 0. The van der Waals surface area contributed by atoms with Gasteiger partial charge in [-0.3, -0.25) is 14.6 Å². The van der Waals surface area contributed by atoms with Gasteiger partial charge >= 0.3 is 0 Å². The van der Waals surface area contributed by atoms with Gasteiger partial charge in [0, 0.05) is 45.8 Å². The van der Waals surface area contributed by atoms with Crippen molar-refractivity contribution in [2.24, 2.45) is 5.92 Å². The van der Waals surface area contributed by atoms with Gasteiger partial charge in [0.2, 0.25) is 0 Å². The Kier molecular flexibility index (Phi) is 4.64. The van der Waals surface area contributed by atoms with Crippen LogP contribution in [0, 0.1) is 11.7 Å². The highest BCUT2D eigenvalue weighted by atomic mass is 32.2. The Labute approximate surface area is 155 Å². The van der Waals surface area contributed by atoms with Crippen molar-refractivity contribution in [3.63, 3.8) is 0 Å². The third-order valence-electron chi connectivity index (χ3n) is 4.73. The summed E-state index contributed by atoms with van der Waals surface area (Å²) in [5.41, 5.74) is 7.48. The minimum absolute atomic E-state index is 0.242. The molecule has 26 heavy (non-hydrogen) atoms. The third kappa shape index (κ3) is 3.73. The predicted octanol–water partition coefficient (Wildman–Crippen LogP) is 4.18. The van der Waals surface area contributed by atoms with Gasteiger partial charge in [0.1, 0.15) is 5.82 Å². The fourth-order valence-electron chi connectivity index (χ4n) is 3.08. The largest absolute Gasteiger partial charge is 0.298 e. The summed E-state index contributed by atoms with van der Waals surface area (Å²) in [6.07, 6.45) is 8.38. The summed E-state index contributed by atoms with van der Waals surface area (Å²) in [7, 11) is -0.999. The van der Waals surface area contributed by atoms with Gasteiger partial charge in [0.05, 0.1) is 5.70 Å². The lowest BCUT2D eigenvalue weighted by atomic mass is 9.98. The lowest BCUT2D eigenvalue weighted by Crippen LogP contribution is -2.36. The van der Waals surface area contributed by atoms with Crippen molar-refractivity contribution in [1.82, 2.24) is 10.4 Å². The molecule has 1 aliphatic heterocycles. The third-order valence-corrected chi connectivity index (χ3v) is 5.66. The molecule has 1 heterocycles. The van der Waals surface area contributed by atoms with E-state index in [9.17, 15) is 8.60 Å². The summed E-state index contributed by atoms with van der Waals surface area (Å²) in [4.78, 5) is 0.805. The normalized spacial score (nSPS) is 18.0. The van der Waals surface area contributed by atoms with Crippen LogP contribution in [-0.2, 0) is 10.8 Å². The second-order valence-corrected chi connectivity index (χ2v) is 8.18. The minimum Gasteiger partial charge on any atom is -0.298 e. The smallest absolute Gasteiger partial charge is 0.123 e. The highest BCUT2D eigenvalue weighted by molar-refractivity contribution is 7.84. The molecule has 0 radical (unpaired) electrons. The van der Waals surface area contributed by atoms with E-state index in [0.717, 1.165) is 39.8 Å². The summed E-state index contributed by atoms with van der Waals surface area (Å²) < 4.78 is 25.0. The summed E-state index contributed by atoms with van der Waals surface area (Å²) in [6.45, 7) is 0.980. The van der Waals surface area contributed by atoms with E-state index >= 15 is 0 Å². The first-order valence-electron chi connectivity index (χ1n) is 8.76. The molecule has 1 atom stereocenters. The quantitative estimate of drug-likeness (QED) is 0.859. The van der Waals surface area contributed by atoms with Crippen LogP contribution in [0.1, 0.15) is 24.0 Å². The Bertz CT molecular complexity index is 883. The Hall–Kier alpha value is -2.40. The van der Waals surface area contributed by atoms with E-state index in [1.807, 2.05) is 24.3 Å². The molecular weight excluding hydrogens is 347 g/mol. The van der Waals surface area contributed by atoms with Crippen LogP contribution in [0.3, 0.4) is 0 Å². The average molecular weight is 368 g/mol. The van der Waals surface area contributed by atoms with E-state index in [2.05, 4.69) is 22.7 Å². The van der Waals surface area contributed by atoms with Gasteiger partial charge in [-0.25, -0.2) is 4.39 Å². The number of hydrogen-bond acceptors (Lipinski definition) is 3. The molecule has 1 aliphatic carbocycles. The maximum absolute atomic E-state index is 13.3. The second-order valence-electron chi connectivity index (χ2n) is 6.80. The lowest BCUT2D eigenvalue weighted by molar-refractivity contribution is 0.309. The molecule has 2 aromatic rings. The number of nitrogens with one attached hydrogen (secondary N) is 1. The Morgan fingerprint density at radius 1 is 1.08 bits per heavy atom. The number of nitrogens with zero attached hydrogens (tertiary/aromatic N) is 1. The Morgan fingerprint density at radius 2 is 1.73 bits per heavy atom. The van der Waals surface area contributed by atoms with Crippen molar-refractivity contribution in [3.05, 3.63) is 77.8 Å². The first-order chi connectivity index (χ1) is 12.6. The van der Waals surface area contributed by atoms with Crippen molar-refractivity contribution in [1.29, 1.82) is 0 Å². The molecular formula is C21H21FN2OS. The molecule has 3 nitrogen and oxygen atoms in total. The molecule has 0 saturated heterocycles. The van der Waals surface area contributed by atoms with Crippen LogP contribution >= 0.6 is 0 Å². The zero-order valence-electron chi connectivity index (χ0n) is 14.6. The molecule has 1 N–H and O–H groups in total. The van der Waals surface area contributed by atoms with E-state index in [0.29, 0.717) is 0 Å². The zero-order chi connectivity index (χ0) is 18.1. The molecule has 0 bridgehead atoms. The summed E-state index contributed by atoms with van der Waals surface area (Å²) in [6, 6.07) is 14.3. The monoisotopic (exact) mass is 368 g/mol. The summed E-state index contributed by atoms with van der Waals surface area (Å²) in [5, 5.41) is 2.12. The van der Waals surface area contributed by atoms with Crippen molar-refractivity contribution in [2.45, 2.75) is 17.7 Å². The lowest BCUT2D eigenvalue weighted by Gasteiger charge is -2.30. The van der Waals surface area contributed by atoms with Crippen molar-refractivity contribution >= 4 is 22.1 Å². The zero-order valence-corrected chi connectivity index (χ0v) is 15.4. The molecule has 1 unspecified atom stereocenters. The number of hydrogen-bond donors (Lipinski definition) is 1. The van der Waals surface area contributed by atoms with E-state index in [-0.39, 0.29) is 5.82 Å². The van der Waals surface area contributed by atoms with Crippen LogP contribution in [0.2, 0.25) is 0 Å². The first-order valence-corrected chi connectivity index (χ1v) is 10.3. The standard InChI is InChI=1S/C21H21FN2OS/c1-26(25)19-10-6-17(7-11-19)21-20(16-4-8-18(22)9-5-16)12-13-24(23-21)14-15-2-3-15/h4-13,15,23H,2-3,14H2,1H3. The van der Waals surface area contributed by atoms with Gasteiger partial charge in [0.15, 0.2) is 0 Å². The van der Waals surface area contributed by atoms with Gasteiger partial charge in [-0.05, 0) is 54.7 Å². The number of allylic oxidation sites excluding steroid dienone is 2. The maximum atomic E-state index is 13.3. The number of rotatable bonds is 5. The van der Waals surface area contributed by atoms with Crippen LogP contribution in [0.25, 0.3) is 11.3 Å². The highest BCUT2D eigenvalue weighted by Crippen LogP contribution is 2.33. The van der Waals surface area contributed by atoms with Crippen LogP contribution in [-0.4, -0.2) is 22.0 Å². The maximum Gasteiger partial charge on any atom is 0.123 e. The average Bonchev–Trinajstić information content (AvgIpc) is 3.47. The predicted molar refractivity (Wildman–Crippen MR) is 104 cm³/mol. The highest BCUT2D eigenvalue weighted by Gasteiger charge is 2.25. The van der Waals surface area contributed by atoms with E-state index in [1.165, 1.54) is 25.0 Å². The number of benzene rings is 2. The number of hydrazine groups is 1. The molecule has 2 aliphatic rings. The van der Waals surface area contributed by atoms with Gasteiger partial charge in [-0.1, -0.05) is 24.3 Å². The minimum atomic E-state index is -0.999. The molecule has 0 spiro atoms. The van der Waals surface area contributed by atoms with E-state index in [1.54, 1.807) is 18.4 Å². The molecule has 1 fully saturated rings. The fraction of sp³-hybridized carbons (Fsp3) is 0.238. The number of halogens is 1. The summed E-state index contributed by atoms with van der Waals surface area (Å²) in [5.74, 6) is 0.513. The van der Waals surface area contributed by atoms with Crippen LogP contribution < -0.4 is 5.43 Å². The molecule has 5 heteroatoms. The van der Waals surface area contributed by atoms with E-state index in [4.69, 9.17) is 0 Å². The molecule has 4 rings (SSSR count). The van der Waals surface area contributed by atoms with Crippen LogP contribution in [0.5, 0.6) is 0 Å². The molecule has 1 saturated carbocycles. The Morgan fingerprint density at radius 3 is 2.35 bits per heavy atom. The SMILES string of the molecule is CS(=O)c1ccc(C2=C(c3ccc(F)cc3)C=CN(CC3CC3)N2)cc1. The van der Waals surface area contributed by atoms with Crippen molar-refractivity contribution in [2.75, 3.05) is 12.8 Å². The van der Waals surface area contributed by atoms with Gasteiger partial charge in [0.25, 0.3) is 0 Å². The van der Waals surface area contributed by atoms with Crippen molar-refractivity contribution in [3.8, 4) is 0 Å². The van der Waals surface area contributed by atoms with Gasteiger partial charge in [-0.2, -0.15) is 0 Å². The molecule has 0 aromatic heterocycles. The fourth-order valence-corrected chi connectivity index (χ4v) is 3.60. The first kappa shape index (κ1) is 17.0.